The molecule has 0 unspecified atom stereocenters. The number of aryl methyl sites for hydroxylation is 1. The van der Waals surface area contributed by atoms with Crippen LogP contribution in [0, 0.1) is 6.92 Å². The van der Waals surface area contributed by atoms with Crippen molar-refractivity contribution in [3.05, 3.63) is 110 Å². The molecule has 0 aliphatic heterocycles. The lowest BCUT2D eigenvalue weighted by Gasteiger charge is -2.15. The minimum absolute atomic E-state index is 0.149. The maximum absolute atomic E-state index is 13.2. The molecule has 9 heteroatoms. The Labute approximate surface area is 206 Å². The van der Waals surface area contributed by atoms with Crippen molar-refractivity contribution < 1.29 is 9.53 Å². The molecule has 35 heavy (non-hydrogen) atoms. The van der Waals surface area contributed by atoms with E-state index in [1.807, 2.05) is 6.92 Å². The molecular weight excluding hydrogens is 468 g/mol. The van der Waals surface area contributed by atoms with Crippen LogP contribution in [0.3, 0.4) is 0 Å². The van der Waals surface area contributed by atoms with Crippen molar-refractivity contribution in [2.24, 2.45) is 0 Å². The van der Waals surface area contributed by atoms with Crippen LogP contribution in [-0.2, 0) is 0 Å². The van der Waals surface area contributed by atoms with Crippen molar-refractivity contribution in [3.8, 4) is 17.2 Å². The number of benzene rings is 2. The van der Waals surface area contributed by atoms with Gasteiger partial charge in [-0.25, -0.2) is 14.3 Å². The van der Waals surface area contributed by atoms with E-state index in [9.17, 15) is 14.4 Å². The van der Waals surface area contributed by atoms with E-state index in [1.165, 1.54) is 10.8 Å². The van der Waals surface area contributed by atoms with Gasteiger partial charge in [-0.05, 0) is 57.2 Å². The molecule has 0 fully saturated rings. The first kappa shape index (κ1) is 24.0. The summed E-state index contributed by atoms with van der Waals surface area (Å²) >= 11 is 5.94. The van der Waals surface area contributed by atoms with Crippen molar-refractivity contribution in [1.29, 1.82) is 0 Å². The van der Waals surface area contributed by atoms with Gasteiger partial charge in [0, 0.05) is 35.8 Å². The Balaban J connectivity index is 1.62. The molecule has 0 bridgehead atoms. The first-order valence-electron chi connectivity index (χ1n) is 10.9. The fourth-order valence-corrected chi connectivity index (χ4v) is 3.57. The molecule has 2 aromatic heterocycles. The molecule has 4 rings (SSSR count). The minimum Gasteiger partial charge on any atom is -0.457 e. The van der Waals surface area contributed by atoms with Crippen molar-refractivity contribution in [1.82, 2.24) is 14.1 Å². The van der Waals surface area contributed by atoms with Crippen molar-refractivity contribution >= 4 is 23.2 Å². The van der Waals surface area contributed by atoms with Gasteiger partial charge in [0.1, 0.15) is 22.2 Å². The van der Waals surface area contributed by atoms with Crippen molar-refractivity contribution in [2.45, 2.75) is 26.8 Å². The molecule has 2 aromatic carbocycles. The number of rotatable bonds is 6. The van der Waals surface area contributed by atoms with Crippen LogP contribution in [0.4, 0.5) is 5.69 Å². The Morgan fingerprint density at radius 2 is 1.74 bits per heavy atom. The normalized spacial score (nSPS) is 10.9. The summed E-state index contributed by atoms with van der Waals surface area (Å²) in [7, 11) is 0. The molecule has 0 aliphatic rings. The summed E-state index contributed by atoms with van der Waals surface area (Å²) in [6.07, 6.45) is 2.92. The fourth-order valence-electron chi connectivity index (χ4n) is 3.43. The molecule has 178 valence electrons. The number of nitrogens with zero attached hydrogens (tertiary/aromatic N) is 3. The molecule has 1 amide bonds. The zero-order valence-electron chi connectivity index (χ0n) is 19.4. The number of pyridine rings is 1. The first-order chi connectivity index (χ1) is 16.7. The van der Waals surface area contributed by atoms with Crippen LogP contribution >= 0.6 is 11.6 Å². The Morgan fingerprint density at radius 1 is 1.06 bits per heavy atom. The Bertz CT molecular complexity index is 1490. The summed E-state index contributed by atoms with van der Waals surface area (Å²) in [5.74, 6) is 0.479. The number of carbonyl (C=O) groups excluding carboxylic acids is 1. The van der Waals surface area contributed by atoms with E-state index in [1.54, 1.807) is 80.7 Å². The van der Waals surface area contributed by atoms with Gasteiger partial charge in [0.05, 0.1) is 5.69 Å². The standard InChI is InChI=1S/C26H23ClN4O4/c1-16(2)30-15-21(25(33)31(26(30)34)19-7-5-4-6-8-19)24(32)29-18-9-11-20(12-10-18)35-22-13-23(27)28-14-17(22)3/h4-16H,1-3H3,(H,29,32). The van der Waals surface area contributed by atoms with E-state index >= 15 is 0 Å². The van der Waals surface area contributed by atoms with Crippen LogP contribution < -0.4 is 21.3 Å². The van der Waals surface area contributed by atoms with E-state index in [0.29, 0.717) is 28.0 Å². The predicted molar refractivity (Wildman–Crippen MR) is 135 cm³/mol. The number of amides is 1. The lowest BCUT2D eigenvalue weighted by atomic mass is 10.2. The zero-order chi connectivity index (χ0) is 25.1. The van der Waals surface area contributed by atoms with E-state index in [2.05, 4.69) is 10.3 Å². The van der Waals surface area contributed by atoms with Crippen LogP contribution in [0.5, 0.6) is 11.5 Å². The quantitative estimate of drug-likeness (QED) is 0.384. The van der Waals surface area contributed by atoms with E-state index < -0.39 is 17.2 Å². The highest BCUT2D eigenvalue weighted by atomic mass is 35.5. The summed E-state index contributed by atoms with van der Waals surface area (Å²) in [5, 5.41) is 3.04. The highest BCUT2D eigenvalue weighted by Gasteiger charge is 2.20. The molecule has 0 saturated carbocycles. The van der Waals surface area contributed by atoms with Gasteiger partial charge in [-0.3, -0.25) is 14.2 Å². The second-order valence-corrected chi connectivity index (χ2v) is 8.54. The van der Waals surface area contributed by atoms with Gasteiger partial charge in [-0.15, -0.1) is 0 Å². The van der Waals surface area contributed by atoms with Gasteiger partial charge in [-0.1, -0.05) is 29.8 Å². The molecular formula is C26H23ClN4O4. The first-order valence-corrected chi connectivity index (χ1v) is 11.3. The van der Waals surface area contributed by atoms with Gasteiger partial charge < -0.3 is 10.1 Å². The smallest absolute Gasteiger partial charge is 0.335 e. The molecule has 0 radical (unpaired) electrons. The van der Waals surface area contributed by atoms with Crippen LogP contribution in [0.1, 0.15) is 35.8 Å². The minimum atomic E-state index is -0.694. The number of aromatic nitrogens is 3. The highest BCUT2D eigenvalue weighted by Crippen LogP contribution is 2.27. The Hall–Kier alpha value is -4.17. The van der Waals surface area contributed by atoms with Crippen LogP contribution in [-0.4, -0.2) is 20.0 Å². The van der Waals surface area contributed by atoms with E-state index in [-0.39, 0.29) is 11.6 Å². The monoisotopic (exact) mass is 490 g/mol. The lowest BCUT2D eigenvalue weighted by Crippen LogP contribution is -2.42. The molecule has 0 spiro atoms. The van der Waals surface area contributed by atoms with Gasteiger partial charge in [0.25, 0.3) is 11.5 Å². The summed E-state index contributed by atoms with van der Waals surface area (Å²) in [6.45, 7) is 5.46. The third kappa shape index (κ3) is 5.17. The van der Waals surface area contributed by atoms with Crippen LogP contribution in [0.2, 0.25) is 5.15 Å². The topological polar surface area (TPSA) is 95.2 Å². The fraction of sp³-hybridized carbons (Fsp3) is 0.154. The van der Waals surface area contributed by atoms with Gasteiger partial charge in [-0.2, -0.15) is 0 Å². The second kappa shape index (κ2) is 9.99. The highest BCUT2D eigenvalue weighted by molar-refractivity contribution is 6.29. The van der Waals surface area contributed by atoms with Crippen molar-refractivity contribution in [3.63, 3.8) is 0 Å². The summed E-state index contributed by atoms with van der Waals surface area (Å²) in [5.41, 5.74) is 0.312. The number of ether oxygens (including phenoxy) is 1. The third-order valence-corrected chi connectivity index (χ3v) is 5.50. The van der Waals surface area contributed by atoms with Gasteiger partial charge in [0.15, 0.2) is 0 Å². The van der Waals surface area contributed by atoms with Gasteiger partial charge in [0.2, 0.25) is 0 Å². The molecule has 0 aliphatic carbocycles. The summed E-state index contributed by atoms with van der Waals surface area (Å²) < 4.78 is 8.22. The largest absolute Gasteiger partial charge is 0.457 e. The Morgan fingerprint density at radius 3 is 2.40 bits per heavy atom. The van der Waals surface area contributed by atoms with E-state index in [0.717, 1.165) is 10.1 Å². The second-order valence-electron chi connectivity index (χ2n) is 8.16. The number of carbonyl (C=O) groups is 1. The maximum Gasteiger partial charge on any atom is 0.335 e. The van der Waals surface area contributed by atoms with Crippen LogP contribution in [0.15, 0.2) is 82.6 Å². The third-order valence-electron chi connectivity index (χ3n) is 5.29. The molecule has 4 aromatic rings. The molecule has 0 saturated heterocycles. The Kier molecular flexibility index (Phi) is 6.84. The maximum atomic E-state index is 13.2. The molecule has 0 atom stereocenters. The number of nitrogens with one attached hydrogen (secondary N) is 1. The average molecular weight is 491 g/mol. The number of anilines is 1. The summed E-state index contributed by atoms with van der Waals surface area (Å²) in [6, 6.07) is 16.5. The van der Waals surface area contributed by atoms with Crippen LogP contribution in [0.25, 0.3) is 5.69 Å². The number of hydrogen-bond acceptors (Lipinski definition) is 5. The zero-order valence-corrected chi connectivity index (χ0v) is 20.1. The number of halogens is 1. The van der Waals surface area contributed by atoms with Gasteiger partial charge >= 0.3 is 5.69 Å². The average Bonchev–Trinajstić information content (AvgIpc) is 2.83. The molecule has 8 nitrogen and oxygen atoms in total. The number of hydrogen-bond donors (Lipinski definition) is 1. The van der Waals surface area contributed by atoms with Crippen molar-refractivity contribution in [2.75, 3.05) is 5.32 Å². The SMILES string of the molecule is Cc1cnc(Cl)cc1Oc1ccc(NC(=O)c2cn(C(C)C)c(=O)n(-c3ccccc3)c2=O)cc1. The molecule has 2 heterocycles. The van der Waals surface area contributed by atoms with E-state index in [4.69, 9.17) is 16.3 Å². The molecule has 1 N–H and O–H groups in total. The summed E-state index contributed by atoms with van der Waals surface area (Å²) in [4.78, 5) is 43.2. The number of para-hydroxylation sites is 1. The predicted octanol–water partition coefficient (Wildman–Crippen LogP) is 4.98. The lowest BCUT2D eigenvalue weighted by molar-refractivity contribution is 0.102.